The zero-order valence-electron chi connectivity index (χ0n) is 14.2. The van der Waals surface area contributed by atoms with Crippen molar-refractivity contribution in [1.29, 1.82) is 0 Å². The summed E-state index contributed by atoms with van der Waals surface area (Å²) in [6.45, 7) is 3.14. The van der Waals surface area contributed by atoms with E-state index in [1.165, 1.54) is 6.07 Å². The summed E-state index contributed by atoms with van der Waals surface area (Å²) in [5.41, 5.74) is 1.51. The van der Waals surface area contributed by atoms with E-state index in [0.29, 0.717) is 12.1 Å². The van der Waals surface area contributed by atoms with Crippen LogP contribution in [0.25, 0.3) is 11.1 Å². The third-order valence-electron chi connectivity index (χ3n) is 3.96. The number of amides is 1. The summed E-state index contributed by atoms with van der Waals surface area (Å²) >= 11 is 0. The van der Waals surface area contributed by atoms with Gasteiger partial charge < -0.3 is 10.8 Å². The number of alkyl halides is 6. The molecule has 9 heteroatoms. The van der Waals surface area contributed by atoms with E-state index in [1.54, 1.807) is 13.8 Å². The first-order valence-electron chi connectivity index (χ1n) is 7.69. The lowest BCUT2D eigenvalue weighted by molar-refractivity contribution is -0.143. The fraction of sp³-hybridized carbons (Fsp3) is 0.278. The van der Waals surface area contributed by atoms with Crippen molar-refractivity contribution >= 4 is 5.91 Å². The summed E-state index contributed by atoms with van der Waals surface area (Å²) < 4.78 is 78.5. The van der Waals surface area contributed by atoms with Gasteiger partial charge in [0, 0.05) is 5.56 Å². The van der Waals surface area contributed by atoms with E-state index in [-0.39, 0.29) is 28.3 Å². The van der Waals surface area contributed by atoms with Gasteiger partial charge in [-0.05, 0) is 41.3 Å². The van der Waals surface area contributed by atoms with Gasteiger partial charge >= 0.3 is 12.4 Å². The van der Waals surface area contributed by atoms with Crippen molar-refractivity contribution in [2.24, 2.45) is 5.73 Å². The minimum absolute atomic E-state index is 0.0240. The van der Waals surface area contributed by atoms with E-state index in [9.17, 15) is 36.2 Å². The highest BCUT2D eigenvalue weighted by Gasteiger charge is 2.37. The lowest BCUT2D eigenvalue weighted by Crippen LogP contribution is -2.13. The Balaban J connectivity index is 2.85. The average Bonchev–Trinajstić information content (AvgIpc) is 2.51. The van der Waals surface area contributed by atoms with Crippen molar-refractivity contribution in [2.75, 3.05) is 0 Å². The number of carbonyl (C=O) groups excluding carboxylic acids is 1. The summed E-state index contributed by atoms with van der Waals surface area (Å²) in [4.78, 5) is 11.4. The molecule has 1 amide bonds. The average molecular weight is 391 g/mol. The Bertz CT molecular complexity index is 852. The molecular formula is C18H15F6NO2. The minimum Gasteiger partial charge on any atom is -0.507 e. The van der Waals surface area contributed by atoms with Crippen LogP contribution in [0.2, 0.25) is 0 Å². The van der Waals surface area contributed by atoms with E-state index in [4.69, 9.17) is 5.73 Å². The number of benzene rings is 2. The van der Waals surface area contributed by atoms with Crippen LogP contribution >= 0.6 is 0 Å². The molecule has 146 valence electrons. The van der Waals surface area contributed by atoms with E-state index in [2.05, 4.69) is 0 Å². The van der Waals surface area contributed by atoms with Gasteiger partial charge in [-0.2, -0.15) is 26.3 Å². The summed E-state index contributed by atoms with van der Waals surface area (Å²) in [6, 6.07) is 3.40. The number of carbonyl (C=O) groups is 1. The Morgan fingerprint density at radius 1 is 0.963 bits per heavy atom. The minimum atomic E-state index is -5.00. The lowest BCUT2D eigenvalue weighted by Gasteiger charge is -2.19. The first-order valence-corrected chi connectivity index (χ1v) is 7.69. The van der Waals surface area contributed by atoms with Crippen molar-refractivity contribution in [3.05, 3.63) is 52.6 Å². The van der Waals surface area contributed by atoms with Gasteiger partial charge in [-0.15, -0.1) is 0 Å². The second-order valence-electron chi connectivity index (χ2n) is 6.24. The summed E-state index contributed by atoms with van der Waals surface area (Å²) in [5, 5.41) is 10.3. The summed E-state index contributed by atoms with van der Waals surface area (Å²) in [6.07, 6.45) is -9.99. The smallest absolute Gasteiger partial charge is 0.416 e. The topological polar surface area (TPSA) is 63.3 Å². The predicted molar refractivity (Wildman–Crippen MR) is 86.2 cm³/mol. The highest BCUT2D eigenvalue weighted by Crippen LogP contribution is 2.42. The third-order valence-corrected chi connectivity index (χ3v) is 3.96. The number of halogens is 6. The van der Waals surface area contributed by atoms with Gasteiger partial charge in [0.05, 0.1) is 16.7 Å². The summed E-state index contributed by atoms with van der Waals surface area (Å²) in [7, 11) is 0. The van der Waals surface area contributed by atoms with Gasteiger partial charge in [0.15, 0.2) is 0 Å². The van der Waals surface area contributed by atoms with Crippen LogP contribution in [-0.2, 0) is 12.4 Å². The Morgan fingerprint density at radius 3 is 1.81 bits per heavy atom. The standard InChI is InChI=1S/C18H15F6NO2/c1-8(2)14-12(3-4-13(15(14)26)16(25)27)9-5-10(17(19,20)21)7-11(6-9)18(22,23)24/h3-8,26H,1-2H3,(H2,25,27). The number of rotatable bonds is 3. The second kappa shape index (κ2) is 6.79. The van der Waals surface area contributed by atoms with Gasteiger partial charge in [0.2, 0.25) is 0 Å². The molecule has 0 bridgehead atoms. The summed E-state index contributed by atoms with van der Waals surface area (Å²) in [5.74, 6) is -2.05. The monoisotopic (exact) mass is 391 g/mol. The molecule has 0 heterocycles. The van der Waals surface area contributed by atoms with Gasteiger partial charge in [0.1, 0.15) is 5.75 Å². The predicted octanol–water partition coefficient (Wildman–Crippen LogP) is 5.32. The Labute approximate surface area is 150 Å². The van der Waals surface area contributed by atoms with Gasteiger partial charge in [0.25, 0.3) is 5.91 Å². The van der Waals surface area contributed by atoms with Crippen LogP contribution < -0.4 is 5.73 Å². The number of nitrogens with two attached hydrogens (primary N) is 1. The third kappa shape index (κ3) is 4.17. The fourth-order valence-electron chi connectivity index (χ4n) is 2.75. The van der Waals surface area contributed by atoms with Gasteiger partial charge in [-0.25, -0.2) is 0 Å². The van der Waals surface area contributed by atoms with Crippen LogP contribution in [0.5, 0.6) is 5.75 Å². The van der Waals surface area contributed by atoms with Crippen molar-refractivity contribution < 1.29 is 36.2 Å². The highest BCUT2D eigenvalue weighted by molar-refractivity contribution is 5.97. The lowest BCUT2D eigenvalue weighted by atomic mass is 9.88. The molecule has 0 fully saturated rings. The van der Waals surface area contributed by atoms with Crippen molar-refractivity contribution in [3.8, 4) is 16.9 Å². The van der Waals surface area contributed by atoms with Crippen LogP contribution in [0.15, 0.2) is 30.3 Å². The molecule has 0 atom stereocenters. The molecule has 0 saturated carbocycles. The molecule has 0 saturated heterocycles. The second-order valence-corrected chi connectivity index (χ2v) is 6.24. The van der Waals surface area contributed by atoms with Crippen LogP contribution in [-0.4, -0.2) is 11.0 Å². The van der Waals surface area contributed by atoms with E-state index in [0.717, 1.165) is 6.07 Å². The number of hydrogen-bond acceptors (Lipinski definition) is 2. The van der Waals surface area contributed by atoms with Crippen LogP contribution in [0.3, 0.4) is 0 Å². The highest BCUT2D eigenvalue weighted by atomic mass is 19.4. The Morgan fingerprint density at radius 2 is 1.44 bits per heavy atom. The molecule has 2 aromatic carbocycles. The number of aromatic hydroxyl groups is 1. The molecule has 0 unspecified atom stereocenters. The molecule has 3 N–H and O–H groups in total. The first kappa shape index (κ1) is 20.6. The molecule has 0 aliphatic heterocycles. The molecule has 0 radical (unpaired) electrons. The molecule has 0 aliphatic carbocycles. The Hall–Kier alpha value is -2.71. The van der Waals surface area contributed by atoms with Crippen molar-refractivity contribution in [3.63, 3.8) is 0 Å². The molecule has 2 aromatic rings. The van der Waals surface area contributed by atoms with E-state index >= 15 is 0 Å². The number of phenols is 1. The Kier molecular flexibility index (Phi) is 5.18. The van der Waals surface area contributed by atoms with Crippen molar-refractivity contribution in [2.45, 2.75) is 32.1 Å². The molecule has 0 aromatic heterocycles. The zero-order chi connectivity index (χ0) is 20.7. The van der Waals surface area contributed by atoms with Crippen molar-refractivity contribution in [1.82, 2.24) is 0 Å². The van der Waals surface area contributed by atoms with Crippen LogP contribution in [0, 0.1) is 0 Å². The molecular weight excluding hydrogens is 376 g/mol. The normalized spacial score (nSPS) is 12.5. The number of hydrogen-bond donors (Lipinski definition) is 2. The SMILES string of the molecule is CC(C)c1c(-c2cc(C(F)(F)F)cc(C(F)(F)F)c2)ccc(C(N)=O)c1O. The van der Waals surface area contributed by atoms with Gasteiger partial charge in [-0.1, -0.05) is 19.9 Å². The molecule has 27 heavy (non-hydrogen) atoms. The quantitative estimate of drug-likeness (QED) is 0.696. The number of primary amides is 1. The maximum Gasteiger partial charge on any atom is 0.416 e. The van der Waals surface area contributed by atoms with Crippen LogP contribution in [0.4, 0.5) is 26.3 Å². The molecule has 0 spiro atoms. The van der Waals surface area contributed by atoms with Crippen LogP contribution in [0.1, 0.15) is 46.8 Å². The van der Waals surface area contributed by atoms with E-state index in [1.807, 2.05) is 0 Å². The van der Waals surface area contributed by atoms with E-state index < -0.39 is 41.1 Å². The molecule has 0 aliphatic rings. The van der Waals surface area contributed by atoms with Gasteiger partial charge in [-0.3, -0.25) is 4.79 Å². The zero-order valence-corrected chi connectivity index (χ0v) is 14.2. The largest absolute Gasteiger partial charge is 0.507 e. The molecule has 2 rings (SSSR count). The first-order chi connectivity index (χ1) is 12.2. The molecule has 3 nitrogen and oxygen atoms in total. The fourth-order valence-corrected chi connectivity index (χ4v) is 2.75. The maximum atomic E-state index is 13.1. The maximum absolute atomic E-state index is 13.1.